The van der Waals surface area contributed by atoms with E-state index in [1.807, 2.05) is 12.1 Å². The van der Waals surface area contributed by atoms with Crippen molar-refractivity contribution in [3.8, 4) is 0 Å². The summed E-state index contributed by atoms with van der Waals surface area (Å²) in [6.07, 6.45) is 3.27. The van der Waals surface area contributed by atoms with Gasteiger partial charge in [-0.15, -0.1) is 0 Å². The van der Waals surface area contributed by atoms with Crippen LogP contribution in [0.5, 0.6) is 0 Å². The van der Waals surface area contributed by atoms with E-state index in [0.717, 1.165) is 70.6 Å². The lowest BCUT2D eigenvalue weighted by Gasteiger charge is -2.34. The van der Waals surface area contributed by atoms with Crippen molar-refractivity contribution in [2.75, 3.05) is 57.8 Å². The van der Waals surface area contributed by atoms with Crippen LogP contribution >= 0.6 is 0 Å². The van der Waals surface area contributed by atoms with Crippen LogP contribution in [0.15, 0.2) is 54.6 Å². The molecule has 1 atom stereocenters. The molecule has 0 radical (unpaired) electrons. The smallest absolute Gasteiger partial charge is 0.251 e. The predicted octanol–water partition coefficient (Wildman–Crippen LogP) is 2.88. The van der Waals surface area contributed by atoms with Gasteiger partial charge in [0.05, 0.1) is 0 Å². The van der Waals surface area contributed by atoms with E-state index in [2.05, 4.69) is 69.5 Å². The Morgan fingerprint density at radius 3 is 2.43 bits per heavy atom. The minimum absolute atomic E-state index is 0.0508. The number of benzene rings is 2. The number of piperidine rings is 1. The number of carbonyl (C=O) groups is 1. The molecule has 1 N–H and O–H groups in total. The third kappa shape index (κ3) is 5.61. The first-order chi connectivity index (χ1) is 14.7. The third-order valence-corrected chi connectivity index (χ3v) is 6.40. The Morgan fingerprint density at radius 1 is 0.967 bits per heavy atom. The summed E-state index contributed by atoms with van der Waals surface area (Å²) in [6.45, 7) is 7.38. The van der Waals surface area contributed by atoms with Crippen LogP contribution in [0.2, 0.25) is 0 Å². The standard InChI is InChI=1S/C25H34N4O/c1-27-16-18-29(19-17-27)24-11-9-22(10-12-24)25(30)26-23-8-5-14-28(20-23)15-13-21-6-3-2-4-7-21/h2-4,6-7,9-12,23H,5,8,13-20H2,1H3,(H,26,30)/t23-/m0/s1. The topological polar surface area (TPSA) is 38.8 Å². The number of likely N-dealkylation sites (N-methyl/N-ethyl adjacent to an activating group) is 1. The molecular weight excluding hydrogens is 372 g/mol. The van der Waals surface area contributed by atoms with Crippen molar-refractivity contribution < 1.29 is 4.79 Å². The molecule has 2 saturated heterocycles. The van der Waals surface area contributed by atoms with E-state index in [1.165, 1.54) is 11.3 Å². The first-order valence-electron chi connectivity index (χ1n) is 11.3. The van der Waals surface area contributed by atoms with E-state index < -0.39 is 0 Å². The minimum atomic E-state index is 0.0508. The summed E-state index contributed by atoms with van der Waals surface area (Å²) in [5, 5.41) is 3.27. The lowest BCUT2D eigenvalue weighted by molar-refractivity contribution is 0.0904. The summed E-state index contributed by atoms with van der Waals surface area (Å²) in [7, 11) is 2.17. The highest BCUT2D eigenvalue weighted by Crippen LogP contribution is 2.18. The van der Waals surface area contributed by atoms with Crippen LogP contribution in [0.4, 0.5) is 5.69 Å². The largest absolute Gasteiger partial charge is 0.369 e. The van der Waals surface area contributed by atoms with Crippen molar-refractivity contribution in [1.82, 2.24) is 15.1 Å². The Hall–Kier alpha value is -2.37. The van der Waals surface area contributed by atoms with E-state index in [4.69, 9.17) is 0 Å². The molecule has 2 aliphatic rings. The number of piperazine rings is 1. The highest BCUT2D eigenvalue weighted by atomic mass is 16.1. The summed E-state index contributed by atoms with van der Waals surface area (Å²) in [5.41, 5.74) is 3.35. The van der Waals surface area contributed by atoms with E-state index >= 15 is 0 Å². The van der Waals surface area contributed by atoms with Crippen LogP contribution < -0.4 is 10.2 Å². The van der Waals surface area contributed by atoms with Crippen LogP contribution in [-0.4, -0.2) is 74.6 Å². The summed E-state index contributed by atoms with van der Waals surface area (Å²) in [4.78, 5) is 20.0. The molecule has 2 aromatic rings. The Labute approximate surface area is 180 Å². The first-order valence-corrected chi connectivity index (χ1v) is 11.3. The van der Waals surface area contributed by atoms with Gasteiger partial charge in [-0.25, -0.2) is 0 Å². The number of nitrogens with one attached hydrogen (secondary N) is 1. The van der Waals surface area contributed by atoms with Gasteiger partial charge in [-0.3, -0.25) is 4.79 Å². The molecule has 0 aliphatic carbocycles. The van der Waals surface area contributed by atoms with Gasteiger partial charge in [0, 0.05) is 56.6 Å². The maximum absolute atomic E-state index is 12.8. The summed E-state index contributed by atoms with van der Waals surface area (Å²) in [5.74, 6) is 0.0508. The molecule has 2 heterocycles. The molecule has 0 spiro atoms. The fraction of sp³-hybridized carbons (Fsp3) is 0.480. The highest BCUT2D eigenvalue weighted by molar-refractivity contribution is 5.94. The van der Waals surface area contributed by atoms with Crippen molar-refractivity contribution in [2.45, 2.75) is 25.3 Å². The Morgan fingerprint density at radius 2 is 1.70 bits per heavy atom. The molecule has 0 aromatic heterocycles. The fourth-order valence-electron chi connectivity index (χ4n) is 4.47. The molecule has 2 aromatic carbocycles. The molecule has 0 saturated carbocycles. The van der Waals surface area contributed by atoms with Gasteiger partial charge in [-0.1, -0.05) is 30.3 Å². The number of carbonyl (C=O) groups excluding carboxylic acids is 1. The summed E-state index contributed by atoms with van der Waals surface area (Å²) in [6, 6.07) is 19.0. The van der Waals surface area contributed by atoms with Gasteiger partial charge < -0.3 is 20.0 Å². The molecule has 30 heavy (non-hydrogen) atoms. The molecule has 0 bridgehead atoms. The maximum atomic E-state index is 12.8. The fourth-order valence-corrected chi connectivity index (χ4v) is 4.47. The monoisotopic (exact) mass is 406 g/mol. The second kappa shape index (κ2) is 10.1. The van der Waals surface area contributed by atoms with Crippen LogP contribution in [0, 0.1) is 0 Å². The van der Waals surface area contributed by atoms with Gasteiger partial charge in [-0.05, 0) is 62.7 Å². The summed E-state index contributed by atoms with van der Waals surface area (Å²) < 4.78 is 0. The van der Waals surface area contributed by atoms with Crippen LogP contribution in [-0.2, 0) is 6.42 Å². The highest BCUT2D eigenvalue weighted by Gasteiger charge is 2.22. The second-order valence-electron chi connectivity index (χ2n) is 8.69. The summed E-state index contributed by atoms with van der Waals surface area (Å²) >= 11 is 0. The second-order valence-corrected chi connectivity index (χ2v) is 8.69. The average molecular weight is 407 g/mol. The van der Waals surface area contributed by atoms with Crippen molar-refractivity contribution in [3.05, 3.63) is 65.7 Å². The quantitative estimate of drug-likeness (QED) is 0.801. The van der Waals surface area contributed by atoms with E-state index in [-0.39, 0.29) is 11.9 Å². The maximum Gasteiger partial charge on any atom is 0.251 e. The zero-order chi connectivity index (χ0) is 20.8. The zero-order valence-corrected chi connectivity index (χ0v) is 18.1. The van der Waals surface area contributed by atoms with Crippen LogP contribution in [0.3, 0.4) is 0 Å². The normalized spacial score (nSPS) is 20.8. The van der Waals surface area contributed by atoms with E-state index in [9.17, 15) is 4.79 Å². The van der Waals surface area contributed by atoms with Gasteiger partial charge in [0.15, 0.2) is 0 Å². The molecule has 0 unspecified atom stereocenters. The van der Waals surface area contributed by atoms with Gasteiger partial charge in [0.1, 0.15) is 0 Å². The lowest BCUT2D eigenvalue weighted by atomic mass is 10.0. The van der Waals surface area contributed by atoms with Crippen molar-refractivity contribution in [1.29, 1.82) is 0 Å². The Bertz CT molecular complexity index is 800. The van der Waals surface area contributed by atoms with Gasteiger partial charge in [-0.2, -0.15) is 0 Å². The molecule has 4 rings (SSSR count). The number of likely N-dealkylation sites (tertiary alicyclic amines) is 1. The Kier molecular flexibility index (Phi) is 7.03. The van der Waals surface area contributed by atoms with Crippen molar-refractivity contribution >= 4 is 11.6 Å². The molecule has 2 fully saturated rings. The number of hydrogen-bond acceptors (Lipinski definition) is 4. The number of amides is 1. The SMILES string of the molecule is CN1CCN(c2ccc(C(=O)N[C@H]3CCCN(CCc4ccccc4)C3)cc2)CC1. The van der Waals surface area contributed by atoms with Gasteiger partial charge >= 0.3 is 0 Å². The van der Waals surface area contributed by atoms with Crippen molar-refractivity contribution in [3.63, 3.8) is 0 Å². The minimum Gasteiger partial charge on any atom is -0.369 e. The first kappa shape index (κ1) is 20.9. The molecule has 2 aliphatic heterocycles. The number of rotatable bonds is 6. The molecule has 1 amide bonds. The molecule has 5 nitrogen and oxygen atoms in total. The van der Waals surface area contributed by atoms with Crippen molar-refractivity contribution in [2.24, 2.45) is 0 Å². The average Bonchev–Trinajstić information content (AvgIpc) is 2.79. The lowest BCUT2D eigenvalue weighted by Crippen LogP contribution is -2.48. The third-order valence-electron chi connectivity index (χ3n) is 6.40. The van der Waals surface area contributed by atoms with Crippen LogP contribution in [0.1, 0.15) is 28.8 Å². The number of nitrogens with zero attached hydrogens (tertiary/aromatic N) is 3. The predicted molar refractivity (Wildman–Crippen MR) is 123 cm³/mol. The number of anilines is 1. The van der Waals surface area contributed by atoms with E-state index in [1.54, 1.807) is 0 Å². The van der Waals surface area contributed by atoms with E-state index in [0.29, 0.717) is 0 Å². The molecule has 160 valence electrons. The van der Waals surface area contributed by atoms with Gasteiger partial charge in [0.2, 0.25) is 0 Å². The van der Waals surface area contributed by atoms with Gasteiger partial charge in [0.25, 0.3) is 5.91 Å². The molecule has 5 heteroatoms. The van der Waals surface area contributed by atoms with Crippen LogP contribution in [0.25, 0.3) is 0 Å². The molecular formula is C25H34N4O. The number of hydrogen-bond donors (Lipinski definition) is 1. The Balaban J connectivity index is 1.26. The zero-order valence-electron chi connectivity index (χ0n) is 18.1.